The highest BCUT2D eigenvalue weighted by atomic mass is 19.4. The van der Waals surface area contributed by atoms with Gasteiger partial charge in [0.2, 0.25) is 5.82 Å². The van der Waals surface area contributed by atoms with E-state index in [2.05, 4.69) is 4.98 Å². The minimum atomic E-state index is -4.48. The first-order valence-corrected chi connectivity index (χ1v) is 10.5. The van der Waals surface area contributed by atoms with Crippen LogP contribution in [0.1, 0.15) is 16.8 Å². The van der Waals surface area contributed by atoms with Crippen molar-refractivity contribution in [3.8, 4) is 11.1 Å². The van der Waals surface area contributed by atoms with Crippen LogP contribution in [-0.4, -0.2) is 9.55 Å². The fourth-order valence-electron chi connectivity index (χ4n) is 4.37. The van der Waals surface area contributed by atoms with Crippen molar-refractivity contribution >= 4 is 21.8 Å². The Morgan fingerprint density at radius 3 is 1.92 bits per heavy atom. The second-order valence-corrected chi connectivity index (χ2v) is 8.23. The molecule has 0 saturated heterocycles. The summed E-state index contributed by atoms with van der Waals surface area (Å²) < 4.78 is 110. The Kier molecular flexibility index (Phi) is 5.50. The lowest BCUT2D eigenvalue weighted by Gasteiger charge is -2.12. The van der Waals surface area contributed by atoms with Gasteiger partial charge in [-0.15, -0.1) is 0 Å². The molecule has 0 unspecified atom stereocenters. The maximum Gasteiger partial charge on any atom is 0.416 e. The molecule has 5 rings (SSSR count). The van der Waals surface area contributed by atoms with Crippen molar-refractivity contribution in [1.82, 2.24) is 9.55 Å². The van der Waals surface area contributed by atoms with Crippen molar-refractivity contribution in [1.29, 1.82) is 0 Å². The van der Waals surface area contributed by atoms with Crippen LogP contribution >= 0.6 is 0 Å². The second kappa shape index (κ2) is 8.32. The third-order valence-electron chi connectivity index (χ3n) is 6.12. The summed E-state index contributed by atoms with van der Waals surface area (Å²) in [5.41, 5.74) is 0.552. The van der Waals surface area contributed by atoms with Crippen molar-refractivity contribution in [2.75, 3.05) is 0 Å². The quantitative estimate of drug-likeness (QED) is 0.138. The molecule has 184 valence electrons. The molecular weight excluding hydrogens is 492 g/mol. The number of alkyl halides is 3. The monoisotopic (exact) mass is 506 g/mol. The third-order valence-corrected chi connectivity index (χ3v) is 6.12. The minimum absolute atomic E-state index is 0.417. The third kappa shape index (κ3) is 3.68. The van der Waals surface area contributed by atoms with Gasteiger partial charge in [-0.2, -0.15) is 13.2 Å². The molecule has 0 bridgehead atoms. The predicted molar refractivity (Wildman–Crippen MR) is 118 cm³/mol. The summed E-state index contributed by atoms with van der Waals surface area (Å²) in [5, 5.41) is 1.16. The maximum absolute atomic E-state index is 14.5. The first-order chi connectivity index (χ1) is 17.0. The van der Waals surface area contributed by atoms with E-state index >= 15 is 0 Å². The average Bonchev–Trinajstić information content (AvgIpc) is 3.17. The van der Waals surface area contributed by atoms with Crippen LogP contribution in [0, 0.1) is 36.0 Å². The van der Waals surface area contributed by atoms with E-state index in [4.69, 9.17) is 0 Å². The van der Waals surface area contributed by atoms with Gasteiger partial charge in [0.05, 0.1) is 23.3 Å². The van der Waals surface area contributed by atoms with Gasteiger partial charge in [-0.1, -0.05) is 18.2 Å². The predicted octanol–water partition coefficient (Wildman–Crippen LogP) is 7.93. The first kappa shape index (κ1) is 23.8. The normalized spacial score (nSPS) is 12.1. The molecule has 0 amide bonds. The Morgan fingerprint density at radius 2 is 1.31 bits per heavy atom. The van der Waals surface area contributed by atoms with E-state index in [1.165, 1.54) is 22.9 Å². The number of hydrogen-bond acceptors (Lipinski definition) is 1. The number of halogens is 8. The van der Waals surface area contributed by atoms with Gasteiger partial charge in [0, 0.05) is 28.0 Å². The lowest BCUT2D eigenvalue weighted by Crippen LogP contribution is -2.11. The Morgan fingerprint density at radius 1 is 0.722 bits per heavy atom. The molecule has 36 heavy (non-hydrogen) atoms. The summed E-state index contributed by atoms with van der Waals surface area (Å²) in [6, 6.07) is 11.1. The number of nitrogens with zero attached hydrogens (tertiary/aromatic N) is 2. The molecule has 0 aliphatic carbocycles. The van der Waals surface area contributed by atoms with Crippen LogP contribution < -0.4 is 0 Å². The average molecular weight is 506 g/mol. The van der Waals surface area contributed by atoms with Crippen LogP contribution in [0.5, 0.6) is 0 Å². The summed E-state index contributed by atoms with van der Waals surface area (Å²) in [6.45, 7) is 0.963. The standard InChI is InChI=1S/C26H14F8N2/c1-12-25-16(8-9-35-12)17-10-14(13-2-5-15(6-3-13)26(32,33)34)4-7-19(17)36(25)11-18-20(27)22(29)24(31)23(30)21(18)28/h2-10H,11H2,1H3. The van der Waals surface area contributed by atoms with Crippen molar-refractivity contribution in [3.05, 3.63) is 101 Å². The summed E-state index contributed by atoms with van der Waals surface area (Å²) in [6.07, 6.45) is -2.98. The molecule has 2 nitrogen and oxygen atoms in total. The Hall–Kier alpha value is -3.95. The molecule has 10 heteroatoms. The highest BCUT2D eigenvalue weighted by molar-refractivity contribution is 6.10. The largest absolute Gasteiger partial charge is 0.416 e. The smallest absolute Gasteiger partial charge is 0.334 e. The number of fused-ring (bicyclic) bond motifs is 3. The van der Waals surface area contributed by atoms with E-state index in [9.17, 15) is 35.1 Å². The fourth-order valence-corrected chi connectivity index (χ4v) is 4.37. The van der Waals surface area contributed by atoms with E-state index < -0.39 is 52.9 Å². The Balaban J connectivity index is 1.71. The number of pyridine rings is 1. The maximum atomic E-state index is 14.5. The van der Waals surface area contributed by atoms with E-state index in [1.807, 2.05) is 0 Å². The molecule has 2 heterocycles. The van der Waals surface area contributed by atoms with Crippen LogP contribution in [0.25, 0.3) is 32.9 Å². The van der Waals surface area contributed by atoms with E-state index in [1.54, 1.807) is 31.2 Å². The number of rotatable bonds is 3. The molecule has 2 aromatic heterocycles. The van der Waals surface area contributed by atoms with Gasteiger partial charge >= 0.3 is 6.18 Å². The topological polar surface area (TPSA) is 17.8 Å². The lowest BCUT2D eigenvalue weighted by atomic mass is 10.0. The fraction of sp³-hybridized carbons (Fsp3) is 0.115. The van der Waals surface area contributed by atoms with Crippen molar-refractivity contribution in [3.63, 3.8) is 0 Å². The molecule has 0 aliphatic heterocycles. The SMILES string of the molecule is Cc1nccc2c3cc(-c4ccc(C(F)(F)F)cc4)ccc3n(Cc3c(F)c(F)c(F)c(F)c3F)c12. The van der Waals surface area contributed by atoms with E-state index in [0.717, 1.165) is 12.1 Å². The number of aromatic nitrogens is 2. The number of benzene rings is 3. The molecule has 3 aromatic carbocycles. The van der Waals surface area contributed by atoms with Crippen LogP contribution in [-0.2, 0) is 12.7 Å². The van der Waals surface area contributed by atoms with Crippen LogP contribution in [0.15, 0.2) is 54.7 Å². The summed E-state index contributed by atoms with van der Waals surface area (Å²) >= 11 is 0. The Bertz CT molecular complexity index is 1620. The van der Waals surface area contributed by atoms with E-state index in [-0.39, 0.29) is 0 Å². The number of aryl methyl sites for hydroxylation is 1. The van der Waals surface area contributed by atoms with Gasteiger partial charge in [0.15, 0.2) is 23.3 Å². The van der Waals surface area contributed by atoms with Crippen LogP contribution in [0.3, 0.4) is 0 Å². The van der Waals surface area contributed by atoms with Crippen molar-refractivity contribution < 1.29 is 35.1 Å². The summed E-state index contributed by atoms with van der Waals surface area (Å²) in [4.78, 5) is 4.19. The molecule has 0 spiro atoms. The molecule has 0 fully saturated rings. The first-order valence-electron chi connectivity index (χ1n) is 10.5. The van der Waals surface area contributed by atoms with Gasteiger partial charge in [-0.05, 0) is 48.4 Å². The zero-order valence-electron chi connectivity index (χ0n) is 18.3. The lowest BCUT2D eigenvalue weighted by molar-refractivity contribution is -0.137. The van der Waals surface area contributed by atoms with Gasteiger partial charge in [0.1, 0.15) is 0 Å². The highest BCUT2D eigenvalue weighted by Gasteiger charge is 2.30. The molecule has 0 saturated carbocycles. The van der Waals surface area contributed by atoms with Crippen molar-refractivity contribution in [2.45, 2.75) is 19.6 Å². The summed E-state index contributed by atoms with van der Waals surface area (Å²) in [7, 11) is 0. The Labute approximate surface area is 198 Å². The number of hydrogen-bond donors (Lipinski definition) is 0. The molecule has 0 atom stereocenters. The summed E-state index contributed by atoms with van der Waals surface area (Å²) in [5.74, 6) is -10.2. The van der Waals surface area contributed by atoms with Gasteiger partial charge in [0.25, 0.3) is 0 Å². The van der Waals surface area contributed by atoms with Crippen molar-refractivity contribution in [2.24, 2.45) is 0 Å². The van der Waals surface area contributed by atoms with E-state index in [0.29, 0.717) is 38.6 Å². The molecule has 0 N–H and O–H groups in total. The zero-order valence-corrected chi connectivity index (χ0v) is 18.3. The molecular formula is C26H14F8N2. The van der Waals surface area contributed by atoms with Crippen LogP contribution in [0.4, 0.5) is 35.1 Å². The molecule has 0 aliphatic rings. The highest BCUT2D eigenvalue weighted by Crippen LogP contribution is 2.36. The van der Waals surface area contributed by atoms with Gasteiger partial charge in [-0.25, -0.2) is 22.0 Å². The minimum Gasteiger partial charge on any atom is -0.334 e. The molecule has 0 radical (unpaired) electrons. The second-order valence-electron chi connectivity index (χ2n) is 8.23. The van der Waals surface area contributed by atoms with Gasteiger partial charge in [-0.3, -0.25) is 4.98 Å². The van der Waals surface area contributed by atoms with Crippen LogP contribution in [0.2, 0.25) is 0 Å². The van der Waals surface area contributed by atoms with Gasteiger partial charge < -0.3 is 4.57 Å². The molecule has 5 aromatic rings. The zero-order chi connectivity index (χ0) is 25.9.